The molecule has 0 aliphatic heterocycles. The molecule has 0 aliphatic rings. The lowest BCUT2D eigenvalue weighted by molar-refractivity contribution is -0.147. The van der Waals surface area contributed by atoms with Gasteiger partial charge in [0, 0.05) is 18.3 Å². The molecule has 2 aromatic rings. The molecule has 0 saturated heterocycles. The number of esters is 1. The molecule has 1 N–H and O–H groups in total. The highest BCUT2D eigenvalue weighted by atomic mass is 16.5. The summed E-state index contributed by atoms with van der Waals surface area (Å²) in [7, 11) is 0. The Balaban J connectivity index is 1.80. The van der Waals surface area contributed by atoms with Gasteiger partial charge in [-0.15, -0.1) is 0 Å². The van der Waals surface area contributed by atoms with Gasteiger partial charge in [-0.1, -0.05) is 11.2 Å². The number of rotatable bonds is 5. The molecule has 0 unspecified atom stereocenters. The van der Waals surface area contributed by atoms with Crippen LogP contribution in [0.15, 0.2) is 39.8 Å². The average molecular weight is 291 g/mol. The van der Waals surface area contributed by atoms with Crippen molar-refractivity contribution in [2.24, 2.45) is 0 Å². The lowest BCUT2D eigenvalue weighted by Crippen LogP contribution is -2.27. The third kappa shape index (κ3) is 4.30. The van der Waals surface area contributed by atoms with Crippen LogP contribution in [0, 0.1) is 6.92 Å². The van der Waals surface area contributed by atoms with Crippen molar-refractivity contribution in [3.8, 4) is 0 Å². The van der Waals surface area contributed by atoms with Gasteiger partial charge in [-0.05, 0) is 13.0 Å². The van der Waals surface area contributed by atoms with Crippen molar-refractivity contribution in [3.05, 3.63) is 46.6 Å². The lowest BCUT2D eigenvalue weighted by atomic mass is 10.4. The summed E-state index contributed by atoms with van der Waals surface area (Å²) in [6, 6.07) is 6.04. The molecule has 8 nitrogen and oxygen atoms in total. The lowest BCUT2D eigenvalue weighted by Gasteiger charge is -2.06. The zero-order chi connectivity index (χ0) is 15.2. The molecule has 8 heteroatoms. The van der Waals surface area contributed by atoms with Gasteiger partial charge in [-0.25, -0.2) is 0 Å². The first kappa shape index (κ1) is 14.5. The van der Waals surface area contributed by atoms with E-state index in [-0.39, 0.29) is 17.9 Å². The van der Waals surface area contributed by atoms with E-state index in [2.05, 4.69) is 10.5 Å². The third-order valence-electron chi connectivity index (χ3n) is 2.46. The van der Waals surface area contributed by atoms with Crippen molar-refractivity contribution in [2.45, 2.75) is 13.5 Å². The fourth-order valence-corrected chi connectivity index (χ4v) is 1.53. The molecule has 110 valence electrons. The third-order valence-corrected chi connectivity index (χ3v) is 2.46. The van der Waals surface area contributed by atoms with Gasteiger partial charge in [0.05, 0.1) is 0 Å². The Bertz CT molecular complexity index is 704. The van der Waals surface area contributed by atoms with Crippen molar-refractivity contribution < 1.29 is 18.8 Å². The Labute approximate surface area is 119 Å². The number of ether oxygens (including phenoxy) is 1. The summed E-state index contributed by atoms with van der Waals surface area (Å²) in [5.74, 6) is -0.439. The van der Waals surface area contributed by atoms with Crippen LogP contribution in [-0.2, 0) is 20.9 Å². The molecule has 0 aliphatic carbocycles. The number of nitrogens with zero attached hydrogens (tertiary/aromatic N) is 2. The summed E-state index contributed by atoms with van der Waals surface area (Å²) in [5.41, 5.74) is -0.322. The van der Waals surface area contributed by atoms with E-state index in [1.807, 2.05) is 0 Å². The van der Waals surface area contributed by atoms with E-state index in [0.717, 1.165) is 0 Å². The summed E-state index contributed by atoms with van der Waals surface area (Å²) in [6.07, 6.45) is 1.46. The van der Waals surface area contributed by atoms with Gasteiger partial charge in [0.2, 0.25) is 0 Å². The van der Waals surface area contributed by atoms with Gasteiger partial charge in [0.1, 0.15) is 12.3 Å². The topological polar surface area (TPSA) is 103 Å². The van der Waals surface area contributed by atoms with Crippen LogP contribution in [-0.4, -0.2) is 28.2 Å². The largest absolute Gasteiger partial charge is 0.454 e. The smallest absolute Gasteiger partial charge is 0.326 e. The maximum atomic E-state index is 11.5. The number of carbonyl (C=O) groups is 2. The molecule has 1 amide bonds. The predicted molar refractivity (Wildman–Crippen MR) is 71.5 cm³/mol. The maximum absolute atomic E-state index is 11.5. The Kier molecular flexibility index (Phi) is 4.50. The monoisotopic (exact) mass is 291 g/mol. The van der Waals surface area contributed by atoms with Gasteiger partial charge in [0.25, 0.3) is 11.5 Å². The van der Waals surface area contributed by atoms with E-state index in [1.165, 1.54) is 22.9 Å². The van der Waals surface area contributed by atoms with Gasteiger partial charge < -0.3 is 19.1 Å². The Morgan fingerprint density at radius 3 is 2.90 bits per heavy atom. The summed E-state index contributed by atoms with van der Waals surface area (Å²) in [6.45, 7) is 0.961. The first-order valence-electron chi connectivity index (χ1n) is 6.09. The standard InChI is InChI=1S/C13H13N3O5/c1-9-6-10(15-21-9)14-11(17)8-20-13(19)7-16-5-3-2-4-12(16)18/h2-6H,7-8H2,1H3,(H,14,15,17). The number of hydrogen-bond acceptors (Lipinski definition) is 6. The molecule has 2 heterocycles. The zero-order valence-corrected chi connectivity index (χ0v) is 11.2. The fourth-order valence-electron chi connectivity index (χ4n) is 1.53. The molecule has 0 atom stereocenters. The van der Waals surface area contributed by atoms with Crippen molar-refractivity contribution in [2.75, 3.05) is 11.9 Å². The van der Waals surface area contributed by atoms with E-state index < -0.39 is 18.5 Å². The van der Waals surface area contributed by atoms with Crippen LogP contribution in [0.25, 0.3) is 0 Å². The van der Waals surface area contributed by atoms with Crippen LogP contribution in [0.2, 0.25) is 0 Å². The number of pyridine rings is 1. The van der Waals surface area contributed by atoms with Crippen molar-refractivity contribution in [1.29, 1.82) is 0 Å². The minimum Gasteiger partial charge on any atom is -0.454 e. The van der Waals surface area contributed by atoms with Crippen LogP contribution < -0.4 is 10.9 Å². The number of carbonyl (C=O) groups excluding carboxylic acids is 2. The highest BCUT2D eigenvalue weighted by Crippen LogP contribution is 2.06. The van der Waals surface area contributed by atoms with E-state index in [9.17, 15) is 14.4 Å². The van der Waals surface area contributed by atoms with Gasteiger partial charge >= 0.3 is 5.97 Å². The van der Waals surface area contributed by atoms with E-state index >= 15 is 0 Å². The minimum absolute atomic E-state index is 0.243. The molecule has 0 fully saturated rings. The Hall–Kier alpha value is -2.90. The molecule has 21 heavy (non-hydrogen) atoms. The number of nitrogens with one attached hydrogen (secondary N) is 1. The van der Waals surface area contributed by atoms with Gasteiger partial charge in [0.15, 0.2) is 12.4 Å². The number of amides is 1. The molecule has 2 rings (SSSR count). The highest BCUT2D eigenvalue weighted by molar-refractivity contribution is 5.91. The molecular formula is C13H13N3O5. The number of anilines is 1. The summed E-state index contributed by atoms with van der Waals surface area (Å²) in [5, 5.41) is 5.97. The van der Waals surface area contributed by atoms with Crippen LogP contribution in [0.1, 0.15) is 5.76 Å². The van der Waals surface area contributed by atoms with Gasteiger partial charge in [-0.2, -0.15) is 0 Å². The average Bonchev–Trinajstić information content (AvgIpc) is 2.84. The fraction of sp³-hybridized carbons (Fsp3) is 0.231. The Morgan fingerprint density at radius 1 is 1.43 bits per heavy atom. The number of aryl methyl sites for hydroxylation is 1. The zero-order valence-electron chi connectivity index (χ0n) is 11.2. The van der Waals surface area contributed by atoms with Crippen LogP contribution in [0.5, 0.6) is 0 Å². The number of hydrogen-bond donors (Lipinski definition) is 1. The van der Waals surface area contributed by atoms with Crippen LogP contribution >= 0.6 is 0 Å². The SMILES string of the molecule is Cc1cc(NC(=O)COC(=O)Cn2ccccc2=O)no1. The first-order valence-corrected chi connectivity index (χ1v) is 6.09. The second kappa shape index (κ2) is 6.51. The van der Waals surface area contributed by atoms with E-state index in [1.54, 1.807) is 19.1 Å². The predicted octanol–water partition coefficient (Wildman–Crippen LogP) is 0.327. The normalized spacial score (nSPS) is 10.1. The van der Waals surface area contributed by atoms with E-state index in [4.69, 9.17) is 9.26 Å². The molecule has 0 aromatic carbocycles. The molecule has 0 saturated carbocycles. The van der Waals surface area contributed by atoms with Crippen molar-refractivity contribution >= 4 is 17.7 Å². The molecular weight excluding hydrogens is 278 g/mol. The summed E-state index contributed by atoms with van der Waals surface area (Å²) in [4.78, 5) is 34.4. The Morgan fingerprint density at radius 2 is 2.24 bits per heavy atom. The maximum Gasteiger partial charge on any atom is 0.326 e. The van der Waals surface area contributed by atoms with E-state index in [0.29, 0.717) is 5.76 Å². The quantitative estimate of drug-likeness (QED) is 0.796. The molecule has 0 radical (unpaired) electrons. The molecule has 0 bridgehead atoms. The number of aromatic nitrogens is 2. The minimum atomic E-state index is -0.685. The van der Waals surface area contributed by atoms with Crippen LogP contribution in [0.4, 0.5) is 5.82 Å². The van der Waals surface area contributed by atoms with Crippen molar-refractivity contribution in [1.82, 2.24) is 9.72 Å². The van der Waals surface area contributed by atoms with Crippen molar-refractivity contribution in [3.63, 3.8) is 0 Å². The summed E-state index contributed by atoms with van der Waals surface area (Å²) >= 11 is 0. The van der Waals surface area contributed by atoms with Crippen LogP contribution in [0.3, 0.4) is 0 Å². The molecule has 2 aromatic heterocycles. The highest BCUT2D eigenvalue weighted by Gasteiger charge is 2.10. The summed E-state index contributed by atoms with van der Waals surface area (Å²) < 4.78 is 10.7. The first-order chi connectivity index (χ1) is 10.0. The van der Waals surface area contributed by atoms with Gasteiger partial charge in [-0.3, -0.25) is 14.4 Å². The second-order valence-electron chi connectivity index (χ2n) is 4.20. The second-order valence-corrected chi connectivity index (χ2v) is 4.20. The molecule has 0 spiro atoms.